The molecule has 1 aromatic rings. The zero-order valence-corrected chi connectivity index (χ0v) is 16.4. The molecule has 0 saturated carbocycles. The van der Waals surface area contributed by atoms with Gasteiger partial charge in [-0.2, -0.15) is 0 Å². The number of hydrogen-bond donors (Lipinski definition) is 2. The fraction of sp³-hybridized carbons (Fsp3) is 0.591. The van der Waals surface area contributed by atoms with Crippen LogP contribution in [0.3, 0.4) is 0 Å². The van der Waals surface area contributed by atoms with Gasteiger partial charge in [0.2, 0.25) is 5.78 Å². The van der Waals surface area contributed by atoms with Gasteiger partial charge >= 0.3 is 0 Å². The third-order valence-electron chi connectivity index (χ3n) is 5.13. The first kappa shape index (κ1) is 21.1. The molecule has 148 valence electrons. The number of likely N-dealkylation sites (N-methyl/N-ethyl adjacent to an activating group) is 1. The highest BCUT2D eigenvalue weighted by Gasteiger charge is 2.27. The van der Waals surface area contributed by atoms with Gasteiger partial charge in [0.15, 0.2) is 0 Å². The van der Waals surface area contributed by atoms with Crippen molar-refractivity contribution in [2.45, 2.75) is 77.2 Å². The molecule has 0 radical (unpaired) electrons. The molecule has 1 aliphatic heterocycles. The Balaban J connectivity index is 2.18. The molecule has 1 aromatic carbocycles. The van der Waals surface area contributed by atoms with E-state index in [1.165, 1.54) is 25.7 Å². The first-order valence-corrected chi connectivity index (χ1v) is 10.3. The van der Waals surface area contributed by atoms with Gasteiger partial charge in [0.25, 0.3) is 11.8 Å². The van der Waals surface area contributed by atoms with Crippen molar-refractivity contribution in [2.24, 2.45) is 0 Å². The first-order chi connectivity index (χ1) is 13.1. The lowest BCUT2D eigenvalue weighted by molar-refractivity contribution is -0.139. The minimum atomic E-state index is -0.762. The predicted molar refractivity (Wildman–Crippen MR) is 107 cm³/mol. The van der Waals surface area contributed by atoms with Crippen molar-refractivity contribution in [1.82, 2.24) is 10.6 Å². The van der Waals surface area contributed by atoms with Crippen LogP contribution in [-0.2, 0) is 16.0 Å². The van der Waals surface area contributed by atoms with Crippen LogP contribution < -0.4 is 10.6 Å². The molecule has 2 amide bonds. The molecule has 1 unspecified atom stereocenters. The summed E-state index contributed by atoms with van der Waals surface area (Å²) in [7, 11) is 0. The number of ketones is 1. The first-order valence-electron chi connectivity index (χ1n) is 10.3. The van der Waals surface area contributed by atoms with Crippen molar-refractivity contribution < 1.29 is 14.4 Å². The molecule has 0 fully saturated rings. The van der Waals surface area contributed by atoms with Crippen LogP contribution in [0.1, 0.15) is 80.6 Å². The SMILES string of the molecule is CCNC(=O)C(=O)C1CCCCCCCCCCc2ccccc2C(=O)N1. The second-order valence-electron chi connectivity index (χ2n) is 7.27. The highest BCUT2D eigenvalue weighted by molar-refractivity contribution is 6.38. The molecule has 2 rings (SSSR count). The Hall–Kier alpha value is -2.17. The molecule has 1 aliphatic rings. The Kier molecular flexibility index (Phi) is 9.02. The highest BCUT2D eigenvalue weighted by Crippen LogP contribution is 2.17. The van der Waals surface area contributed by atoms with Crippen molar-refractivity contribution in [3.05, 3.63) is 35.4 Å². The lowest BCUT2D eigenvalue weighted by Gasteiger charge is -2.18. The summed E-state index contributed by atoms with van der Waals surface area (Å²) in [5, 5.41) is 5.38. The molecule has 0 aromatic heterocycles. The van der Waals surface area contributed by atoms with E-state index in [9.17, 15) is 14.4 Å². The van der Waals surface area contributed by atoms with Crippen LogP contribution >= 0.6 is 0 Å². The van der Waals surface area contributed by atoms with Crippen molar-refractivity contribution in [2.75, 3.05) is 6.54 Å². The molecule has 1 heterocycles. The Labute approximate surface area is 162 Å². The second kappa shape index (κ2) is 11.5. The number of amides is 2. The molecule has 0 saturated heterocycles. The predicted octanol–water partition coefficient (Wildman–Crippen LogP) is 3.56. The lowest BCUT2D eigenvalue weighted by Crippen LogP contribution is -2.47. The zero-order chi connectivity index (χ0) is 19.5. The van der Waals surface area contributed by atoms with E-state index in [2.05, 4.69) is 10.6 Å². The Morgan fingerprint density at radius 2 is 1.63 bits per heavy atom. The number of carbonyl (C=O) groups is 3. The summed E-state index contributed by atoms with van der Waals surface area (Å²) in [6.45, 7) is 2.17. The molecular formula is C22H32N2O3. The van der Waals surface area contributed by atoms with Crippen molar-refractivity contribution in [3.63, 3.8) is 0 Å². The summed E-state index contributed by atoms with van der Waals surface area (Å²) in [5.41, 5.74) is 1.62. The summed E-state index contributed by atoms with van der Waals surface area (Å²) in [4.78, 5) is 37.4. The maximum atomic E-state index is 12.8. The summed E-state index contributed by atoms with van der Waals surface area (Å²) in [6.07, 6.45) is 10.3. The fourth-order valence-corrected chi connectivity index (χ4v) is 3.60. The number of rotatable bonds is 3. The summed E-state index contributed by atoms with van der Waals surface area (Å²) < 4.78 is 0. The largest absolute Gasteiger partial charge is 0.350 e. The standard InChI is InChI=1S/C22H32N2O3/c1-2-23-22(27)20(25)19-16-10-8-6-4-3-5-7-9-13-17-14-11-12-15-18(17)21(26)24-19/h11-12,14-15,19H,2-10,13,16H2,1H3,(H,23,27)(H,24,26). The summed E-state index contributed by atoms with van der Waals surface area (Å²) >= 11 is 0. The van der Waals surface area contributed by atoms with Gasteiger partial charge in [0, 0.05) is 12.1 Å². The second-order valence-corrected chi connectivity index (χ2v) is 7.27. The monoisotopic (exact) mass is 372 g/mol. The van der Waals surface area contributed by atoms with Gasteiger partial charge in [-0.15, -0.1) is 0 Å². The minimum Gasteiger partial charge on any atom is -0.350 e. The molecule has 27 heavy (non-hydrogen) atoms. The third-order valence-corrected chi connectivity index (χ3v) is 5.13. The quantitative estimate of drug-likeness (QED) is 0.797. The smallest absolute Gasteiger partial charge is 0.289 e. The van der Waals surface area contributed by atoms with Crippen molar-refractivity contribution >= 4 is 17.6 Å². The average Bonchev–Trinajstić information content (AvgIpc) is 2.68. The molecule has 0 bridgehead atoms. The van der Waals surface area contributed by atoms with Gasteiger partial charge in [-0.1, -0.05) is 63.1 Å². The molecule has 1 atom stereocenters. The topological polar surface area (TPSA) is 75.3 Å². The maximum absolute atomic E-state index is 12.8. The summed E-state index contributed by atoms with van der Waals surface area (Å²) in [6, 6.07) is 6.80. The maximum Gasteiger partial charge on any atom is 0.289 e. The van der Waals surface area contributed by atoms with Gasteiger partial charge in [0.05, 0.1) is 6.04 Å². The molecule has 0 aliphatic carbocycles. The number of Topliss-reactive ketones (excluding diaryl/α,β-unsaturated/α-hetero) is 1. The van der Waals surface area contributed by atoms with Crippen LogP contribution in [0.2, 0.25) is 0 Å². The third kappa shape index (κ3) is 6.81. The number of fused-ring (bicyclic) bond motifs is 1. The fourth-order valence-electron chi connectivity index (χ4n) is 3.60. The number of aryl methyl sites for hydroxylation is 1. The van der Waals surface area contributed by atoms with Crippen LogP contribution in [0, 0.1) is 0 Å². The van der Waals surface area contributed by atoms with E-state index in [4.69, 9.17) is 0 Å². The van der Waals surface area contributed by atoms with Crippen molar-refractivity contribution in [3.8, 4) is 0 Å². The normalized spacial score (nSPS) is 19.7. The van der Waals surface area contributed by atoms with Crippen LogP contribution in [-0.4, -0.2) is 30.2 Å². The van der Waals surface area contributed by atoms with Crippen molar-refractivity contribution in [1.29, 1.82) is 0 Å². The Morgan fingerprint density at radius 3 is 2.33 bits per heavy atom. The molecular weight excluding hydrogens is 340 g/mol. The van der Waals surface area contributed by atoms with E-state index in [1.54, 1.807) is 13.0 Å². The van der Waals surface area contributed by atoms with E-state index in [0.29, 0.717) is 18.5 Å². The number of benzene rings is 1. The van der Waals surface area contributed by atoms with Crippen LogP contribution in [0.15, 0.2) is 24.3 Å². The van der Waals surface area contributed by atoms with E-state index < -0.39 is 17.7 Å². The zero-order valence-electron chi connectivity index (χ0n) is 16.4. The molecule has 0 spiro atoms. The highest BCUT2D eigenvalue weighted by atomic mass is 16.2. The minimum absolute atomic E-state index is 0.261. The molecule has 5 heteroatoms. The Morgan fingerprint density at radius 1 is 1.00 bits per heavy atom. The molecule has 5 nitrogen and oxygen atoms in total. The van der Waals surface area contributed by atoms with Gasteiger partial charge < -0.3 is 10.6 Å². The van der Waals surface area contributed by atoms with E-state index in [1.807, 2.05) is 18.2 Å². The van der Waals surface area contributed by atoms with Crippen LogP contribution in [0.4, 0.5) is 0 Å². The van der Waals surface area contributed by atoms with Gasteiger partial charge in [0.1, 0.15) is 0 Å². The summed E-state index contributed by atoms with van der Waals surface area (Å²) in [5.74, 6) is -1.43. The van der Waals surface area contributed by atoms with Gasteiger partial charge in [-0.25, -0.2) is 0 Å². The van der Waals surface area contributed by atoms with Gasteiger partial charge in [-0.3, -0.25) is 14.4 Å². The lowest BCUT2D eigenvalue weighted by atomic mass is 9.99. The van der Waals surface area contributed by atoms with E-state index >= 15 is 0 Å². The molecule has 2 N–H and O–H groups in total. The van der Waals surface area contributed by atoms with Crippen LogP contribution in [0.25, 0.3) is 0 Å². The average molecular weight is 373 g/mol. The number of hydrogen-bond acceptors (Lipinski definition) is 3. The van der Waals surface area contributed by atoms with Gasteiger partial charge in [-0.05, 0) is 37.8 Å². The van der Waals surface area contributed by atoms with E-state index in [-0.39, 0.29) is 5.91 Å². The number of carbonyl (C=O) groups excluding carboxylic acids is 3. The Bertz CT molecular complexity index is 642. The van der Waals surface area contributed by atoms with Crippen LogP contribution in [0.5, 0.6) is 0 Å². The van der Waals surface area contributed by atoms with E-state index in [0.717, 1.165) is 37.7 Å². The number of nitrogens with one attached hydrogen (secondary N) is 2.